The van der Waals surface area contributed by atoms with Crippen LogP contribution in [0.3, 0.4) is 0 Å². The van der Waals surface area contributed by atoms with Gasteiger partial charge in [0.15, 0.2) is 21.3 Å². The molecule has 0 aliphatic carbocycles. The molecule has 0 saturated carbocycles. The van der Waals surface area contributed by atoms with E-state index in [-0.39, 0.29) is 0 Å². The van der Waals surface area contributed by atoms with Crippen LogP contribution in [-0.4, -0.2) is 48.3 Å². The van der Waals surface area contributed by atoms with E-state index in [1.807, 2.05) is 0 Å². The van der Waals surface area contributed by atoms with Gasteiger partial charge in [-0.15, -0.1) is 0 Å². The molecule has 0 fully saturated rings. The molecule has 1 N–H and O–H groups in total. The first-order chi connectivity index (χ1) is 9.81. The average molecular weight is 317 g/mol. The highest BCUT2D eigenvalue weighted by Crippen LogP contribution is 2.43. The highest BCUT2D eigenvalue weighted by molar-refractivity contribution is 7.91. The van der Waals surface area contributed by atoms with Gasteiger partial charge in [0, 0.05) is 11.8 Å². The summed E-state index contributed by atoms with van der Waals surface area (Å²) in [4.78, 5) is 0. The maximum Gasteiger partial charge on any atom is 0.203 e. The summed E-state index contributed by atoms with van der Waals surface area (Å²) in [5.41, 5.74) is 0.704. The molecule has 0 saturated heterocycles. The minimum atomic E-state index is -3.21. The summed E-state index contributed by atoms with van der Waals surface area (Å²) in [6, 6.07) is 3.09. The molecule has 2 unspecified atom stereocenters. The zero-order chi connectivity index (χ0) is 16.2. The SMILES string of the molecule is CNC(c1ccc(OC)c(OC)c1OC)C(C)S(C)(=O)=O. The maximum atomic E-state index is 11.8. The van der Waals surface area contributed by atoms with E-state index in [4.69, 9.17) is 14.2 Å². The zero-order valence-electron chi connectivity index (χ0n) is 13.3. The fourth-order valence-corrected chi connectivity index (χ4v) is 3.04. The lowest BCUT2D eigenvalue weighted by Gasteiger charge is -2.25. The Morgan fingerprint density at radius 1 is 1.05 bits per heavy atom. The van der Waals surface area contributed by atoms with Crippen LogP contribution in [-0.2, 0) is 9.84 Å². The van der Waals surface area contributed by atoms with Gasteiger partial charge >= 0.3 is 0 Å². The Bertz CT molecular complexity index is 585. The monoisotopic (exact) mass is 317 g/mol. The van der Waals surface area contributed by atoms with E-state index in [1.54, 1.807) is 26.1 Å². The van der Waals surface area contributed by atoms with Crippen molar-refractivity contribution in [2.45, 2.75) is 18.2 Å². The van der Waals surface area contributed by atoms with Crippen molar-refractivity contribution in [1.82, 2.24) is 5.32 Å². The molecule has 0 aliphatic heterocycles. The van der Waals surface area contributed by atoms with Crippen molar-refractivity contribution in [3.63, 3.8) is 0 Å². The van der Waals surface area contributed by atoms with Gasteiger partial charge in [0.1, 0.15) is 0 Å². The van der Waals surface area contributed by atoms with Crippen LogP contribution >= 0.6 is 0 Å². The van der Waals surface area contributed by atoms with Crippen LogP contribution in [0.2, 0.25) is 0 Å². The Kier molecular flexibility index (Phi) is 5.86. The molecule has 21 heavy (non-hydrogen) atoms. The number of benzene rings is 1. The van der Waals surface area contributed by atoms with Crippen molar-refractivity contribution in [2.24, 2.45) is 0 Å². The van der Waals surface area contributed by atoms with Gasteiger partial charge in [0.05, 0.1) is 32.6 Å². The molecule has 6 nitrogen and oxygen atoms in total. The largest absolute Gasteiger partial charge is 0.493 e. The number of ether oxygens (including phenoxy) is 3. The average Bonchev–Trinajstić information content (AvgIpc) is 2.45. The highest BCUT2D eigenvalue weighted by atomic mass is 32.2. The Hall–Kier alpha value is -1.47. The van der Waals surface area contributed by atoms with E-state index in [9.17, 15) is 8.42 Å². The number of sulfone groups is 1. The first kappa shape index (κ1) is 17.6. The minimum absolute atomic E-state index is 0.422. The third kappa shape index (κ3) is 3.59. The molecule has 7 heteroatoms. The van der Waals surface area contributed by atoms with Crippen LogP contribution in [0.4, 0.5) is 0 Å². The molecule has 0 amide bonds. The summed E-state index contributed by atoms with van der Waals surface area (Å²) >= 11 is 0. The molecule has 0 aliphatic rings. The summed E-state index contributed by atoms with van der Waals surface area (Å²) in [7, 11) is 3.06. The van der Waals surface area contributed by atoms with Crippen molar-refractivity contribution in [3.05, 3.63) is 17.7 Å². The number of nitrogens with one attached hydrogen (secondary N) is 1. The zero-order valence-corrected chi connectivity index (χ0v) is 14.1. The third-order valence-electron chi connectivity index (χ3n) is 3.53. The Balaban J connectivity index is 3.47. The topological polar surface area (TPSA) is 73.9 Å². The van der Waals surface area contributed by atoms with Gasteiger partial charge in [-0.25, -0.2) is 8.42 Å². The van der Waals surface area contributed by atoms with E-state index in [0.29, 0.717) is 22.8 Å². The van der Waals surface area contributed by atoms with Crippen LogP contribution in [0, 0.1) is 0 Å². The molecular formula is C14H23NO5S. The molecule has 1 aromatic rings. The first-order valence-electron chi connectivity index (χ1n) is 6.46. The number of rotatable bonds is 7. The molecule has 1 aromatic carbocycles. The first-order valence-corrected chi connectivity index (χ1v) is 8.42. The van der Waals surface area contributed by atoms with E-state index in [2.05, 4.69) is 5.32 Å². The van der Waals surface area contributed by atoms with Gasteiger partial charge in [-0.3, -0.25) is 0 Å². The predicted octanol–water partition coefficient (Wildman–Crippen LogP) is 1.41. The molecule has 0 spiro atoms. The predicted molar refractivity (Wildman–Crippen MR) is 82.2 cm³/mol. The van der Waals surface area contributed by atoms with Crippen molar-refractivity contribution >= 4 is 9.84 Å². The number of hydrogen-bond acceptors (Lipinski definition) is 6. The third-order valence-corrected chi connectivity index (χ3v) is 5.15. The van der Waals surface area contributed by atoms with Crippen molar-refractivity contribution in [1.29, 1.82) is 0 Å². The number of methoxy groups -OCH3 is 3. The lowest BCUT2D eigenvalue weighted by molar-refractivity contribution is 0.319. The summed E-state index contributed by atoms with van der Waals surface area (Å²) in [5, 5.41) is 2.42. The van der Waals surface area contributed by atoms with Crippen LogP contribution in [0.25, 0.3) is 0 Å². The van der Waals surface area contributed by atoms with E-state index in [1.165, 1.54) is 27.6 Å². The highest BCUT2D eigenvalue weighted by Gasteiger charge is 2.30. The van der Waals surface area contributed by atoms with Gasteiger partial charge in [-0.1, -0.05) is 0 Å². The number of hydrogen-bond donors (Lipinski definition) is 1. The van der Waals surface area contributed by atoms with Crippen LogP contribution in [0.1, 0.15) is 18.5 Å². The molecule has 0 aromatic heterocycles. The lowest BCUT2D eigenvalue weighted by Crippen LogP contribution is -2.33. The van der Waals surface area contributed by atoms with Crippen LogP contribution in [0.5, 0.6) is 17.2 Å². The molecule has 1 rings (SSSR count). The molecule has 0 radical (unpaired) electrons. The molecule has 2 atom stereocenters. The van der Waals surface area contributed by atoms with Crippen LogP contribution < -0.4 is 19.5 Å². The summed E-state index contributed by atoms with van der Waals surface area (Å²) in [5.74, 6) is 1.44. The van der Waals surface area contributed by atoms with Gasteiger partial charge in [0.25, 0.3) is 0 Å². The standard InChI is InChI=1S/C14H23NO5S/c1-9(21(6,16)17)12(15-2)10-7-8-11(18-3)14(20-5)13(10)19-4/h7-9,12,15H,1-6H3. The van der Waals surface area contributed by atoms with Gasteiger partial charge in [-0.2, -0.15) is 0 Å². The Morgan fingerprint density at radius 2 is 1.62 bits per heavy atom. The second-order valence-corrected chi connectivity index (χ2v) is 7.13. The van der Waals surface area contributed by atoms with Crippen LogP contribution in [0.15, 0.2) is 12.1 Å². The molecular weight excluding hydrogens is 294 g/mol. The molecule has 0 heterocycles. The second kappa shape index (κ2) is 7.00. The minimum Gasteiger partial charge on any atom is -0.493 e. The fourth-order valence-electron chi connectivity index (χ4n) is 2.26. The van der Waals surface area contributed by atoms with Crippen molar-refractivity contribution in [3.8, 4) is 17.2 Å². The Morgan fingerprint density at radius 3 is 2.00 bits per heavy atom. The van der Waals surface area contributed by atoms with Crippen molar-refractivity contribution in [2.75, 3.05) is 34.6 Å². The maximum absolute atomic E-state index is 11.8. The van der Waals surface area contributed by atoms with Crippen molar-refractivity contribution < 1.29 is 22.6 Å². The smallest absolute Gasteiger partial charge is 0.203 e. The molecule has 0 bridgehead atoms. The van der Waals surface area contributed by atoms with E-state index in [0.717, 1.165) is 0 Å². The Labute approximate surface area is 126 Å². The van der Waals surface area contributed by atoms with Gasteiger partial charge < -0.3 is 19.5 Å². The second-order valence-electron chi connectivity index (χ2n) is 4.72. The summed E-state index contributed by atoms with van der Waals surface area (Å²) in [6.07, 6.45) is 1.22. The summed E-state index contributed by atoms with van der Waals surface area (Å²) < 4.78 is 39.7. The quantitative estimate of drug-likeness (QED) is 0.819. The summed E-state index contributed by atoms with van der Waals surface area (Å²) in [6.45, 7) is 1.66. The van der Waals surface area contributed by atoms with Gasteiger partial charge in [0.2, 0.25) is 5.75 Å². The normalized spacial score (nSPS) is 14.4. The lowest BCUT2D eigenvalue weighted by atomic mass is 10.0. The molecule has 120 valence electrons. The van der Waals surface area contributed by atoms with E-state index >= 15 is 0 Å². The van der Waals surface area contributed by atoms with E-state index < -0.39 is 21.1 Å². The fraction of sp³-hybridized carbons (Fsp3) is 0.571. The van der Waals surface area contributed by atoms with Gasteiger partial charge in [-0.05, 0) is 26.1 Å².